The molecule has 0 rings (SSSR count). The van der Waals surface area contributed by atoms with Crippen molar-refractivity contribution in [2.45, 2.75) is 83.8 Å². The van der Waals surface area contributed by atoms with Gasteiger partial charge in [-0.1, -0.05) is 51.9 Å². The Kier molecular flexibility index (Phi) is 20.1. The number of ether oxygens (including phenoxy) is 1. The second kappa shape index (κ2) is 18.2. The third-order valence-electron chi connectivity index (χ3n) is 4.05. The van der Waals surface area contributed by atoms with Gasteiger partial charge in [0.15, 0.2) is 0 Å². The van der Waals surface area contributed by atoms with Gasteiger partial charge in [-0.25, -0.2) is 0 Å². The number of aliphatic hydroxyl groups excluding tert-OH is 1. The predicted octanol–water partition coefficient (Wildman–Crippen LogP) is 2.92. The van der Waals surface area contributed by atoms with E-state index >= 15 is 0 Å². The van der Waals surface area contributed by atoms with E-state index in [1.165, 1.54) is 38.5 Å². The van der Waals surface area contributed by atoms with Gasteiger partial charge >= 0.3 is 5.97 Å². The molecule has 0 saturated carbocycles. The Balaban J connectivity index is 0. The molecule has 0 bridgehead atoms. The summed E-state index contributed by atoms with van der Waals surface area (Å²) < 4.78 is 5.78. The minimum atomic E-state index is -0.811. The first kappa shape index (κ1) is 26.6. The monoisotopic (exact) mass is 354 g/mol. The third kappa shape index (κ3) is 17.2. The molecule has 0 spiro atoms. The van der Waals surface area contributed by atoms with Crippen molar-refractivity contribution >= 4 is 35.5 Å². The zero-order valence-corrected chi connectivity index (χ0v) is 18.3. The topological polar surface area (TPSA) is 70.0 Å². The fourth-order valence-corrected chi connectivity index (χ4v) is 2.65. The number of hydrogen-bond acceptors (Lipinski definition) is 4. The largest absolute Gasteiger partial charge is 0.480 e. The molecule has 0 heterocycles. The molecule has 0 aromatic heterocycles. The van der Waals surface area contributed by atoms with Crippen LogP contribution in [0.4, 0.5) is 0 Å². The fraction of sp³-hybridized carbons (Fsp3) is 0.944. The number of aliphatic hydroxyl groups is 1. The third-order valence-corrected chi connectivity index (χ3v) is 4.05. The van der Waals surface area contributed by atoms with E-state index in [-0.39, 0.29) is 42.2 Å². The van der Waals surface area contributed by atoms with Crippen molar-refractivity contribution in [3.05, 3.63) is 0 Å². The summed E-state index contributed by atoms with van der Waals surface area (Å²) in [6, 6.07) is 0. The van der Waals surface area contributed by atoms with Crippen LogP contribution in [0.1, 0.15) is 71.6 Å². The van der Waals surface area contributed by atoms with Crippen LogP contribution >= 0.6 is 0 Å². The molecule has 0 aromatic carbocycles. The zero-order chi connectivity index (χ0) is 17.5. The maximum Gasteiger partial charge on any atom is 0.317 e. The van der Waals surface area contributed by atoms with Gasteiger partial charge in [0.05, 0.1) is 18.8 Å². The normalized spacial score (nSPS) is 13.5. The van der Waals surface area contributed by atoms with Crippen LogP contribution in [0, 0.1) is 0 Å². The van der Waals surface area contributed by atoms with Crippen LogP contribution < -0.4 is 0 Å². The number of rotatable bonds is 16. The van der Waals surface area contributed by atoms with E-state index in [1.807, 2.05) is 0 Å². The first-order chi connectivity index (χ1) is 11.0. The van der Waals surface area contributed by atoms with Crippen molar-refractivity contribution in [1.29, 1.82) is 0 Å². The second-order valence-electron chi connectivity index (χ2n) is 6.54. The Bertz CT molecular complexity index is 290. The Morgan fingerprint density at radius 3 is 2.21 bits per heavy atom. The van der Waals surface area contributed by atoms with E-state index < -0.39 is 12.1 Å². The molecular formula is C18H37NNaO4. The van der Waals surface area contributed by atoms with Gasteiger partial charge in [0.1, 0.15) is 0 Å². The van der Waals surface area contributed by atoms with Crippen LogP contribution in [0.5, 0.6) is 0 Å². The maximum absolute atomic E-state index is 10.6. The van der Waals surface area contributed by atoms with Gasteiger partial charge in [-0.3, -0.25) is 9.69 Å². The van der Waals surface area contributed by atoms with Gasteiger partial charge in [0.25, 0.3) is 0 Å². The number of carboxylic acids is 1. The summed E-state index contributed by atoms with van der Waals surface area (Å²) in [7, 11) is 1.79. The molecule has 139 valence electrons. The number of carbonyl (C=O) groups is 1. The van der Waals surface area contributed by atoms with Crippen LogP contribution in [-0.2, 0) is 9.53 Å². The molecule has 1 radical (unpaired) electrons. The van der Waals surface area contributed by atoms with Crippen molar-refractivity contribution in [3.63, 3.8) is 0 Å². The Morgan fingerprint density at radius 2 is 1.67 bits per heavy atom. The van der Waals surface area contributed by atoms with E-state index in [1.54, 1.807) is 18.9 Å². The first-order valence-corrected chi connectivity index (χ1v) is 9.17. The number of likely N-dealkylation sites (N-methyl/N-ethyl adjacent to an activating group) is 1. The van der Waals surface area contributed by atoms with Crippen LogP contribution in [0.25, 0.3) is 0 Å². The first-order valence-electron chi connectivity index (χ1n) is 9.17. The second-order valence-corrected chi connectivity index (χ2v) is 6.54. The molecule has 6 heteroatoms. The van der Waals surface area contributed by atoms with Gasteiger partial charge in [-0.05, 0) is 26.8 Å². The van der Waals surface area contributed by atoms with Crippen molar-refractivity contribution in [2.24, 2.45) is 0 Å². The minimum absolute atomic E-state index is 0. The van der Waals surface area contributed by atoms with Crippen LogP contribution in [0.3, 0.4) is 0 Å². The molecule has 0 amide bonds. The number of aliphatic carboxylic acids is 1. The summed E-state index contributed by atoms with van der Waals surface area (Å²) in [6.45, 7) is 5.32. The quantitative estimate of drug-likeness (QED) is 0.329. The summed E-state index contributed by atoms with van der Waals surface area (Å²) in [5.41, 5.74) is 0. The summed E-state index contributed by atoms with van der Waals surface area (Å²) in [5.74, 6) is -0.811. The molecule has 5 nitrogen and oxygen atoms in total. The van der Waals surface area contributed by atoms with Crippen molar-refractivity contribution < 1.29 is 19.7 Å². The van der Waals surface area contributed by atoms with Gasteiger partial charge in [-0.2, -0.15) is 0 Å². The number of carboxylic acid groups (broad SMARTS) is 1. The van der Waals surface area contributed by atoms with Crippen LogP contribution in [-0.4, -0.2) is 89.6 Å². The number of nitrogens with zero attached hydrogens (tertiary/aromatic N) is 1. The molecule has 0 aliphatic heterocycles. The molecule has 0 aliphatic carbocycles. The summed E-state index contributed by atoms with van der Waals surface area (Å²) in [6.07, 6.45) is 9.95. The van der Waals surface area contributed by atoms with Gasteiger partial charge in [0, 0.05) is 42.7 Å². The average molecular weight is 354 g/mol. The Morgan fingerprint density at radius 1 is 1.08 bits per heavy atom. The standard InChI is InChI=1S/C18H37NO4.Na/c1-4-5-6-7-8-9-10-12-17(16(2)20)23-14-11-13-19(3)15-18(21)22;/h16-17,20H,4-15H2,1-3H3,(H,21,22);. The van der Waals surface area contributed by atoms with Crippen LogP contribution in [0.2, 0.25) is 0 Å². The maximum atomic E-state index is 10.6. The minimum Gasteiger partial charge on any atom is -0.480 e. The molecule has 24 heavy (non-hydrogen) atoms. The molecule has 0 aliphatic rings. The Hall–Kier alpha value is 0.350. The van der Waals surface area contributed by atoms with E-state index in [2.05, 4.69) is 6.92 Å². The molecule has 0 saturated heterocycles. The molecular weight excluding hydrogens is 317 g/mol. The van der Waals surface area contributed by atoms with E-state index in [4.69, 9.17) is 9.84 Å². The predicted molar refractivity (Wildman–Crippen MR) is 99.5 cm³/mol. The average Bonchev–Trinajstić information content (AvgIpc) is 2.47. The molecule has 0 aromatic rings. The van der Waals surface area contributed by atoms with Gasteiger partial charge in [0.2, 0.25) is 0 Å². The zero-order valence-electron chi connectivity index (χ0n) is 16.3. The molecule has 0 fully saturated rings. The van der Waals surface area contributed by atoms with Gasteiger partial charge in [-0.15, -0.1) is 0 Å². The SMILES string of the molecule is CCCCCCCCCC(OCCCN(C)CC(=O)O)C(C)O.[Na]. The Labute approximate surface area is 170 Å². The summed E-state index contributed by atoms with van der Waals surface area (Å²) in [5, 5.41) is 18.5. The molecule has 2 atom stereocenters. The van der Waals surface area contributed by atoms with Gasteiger partial charge < -0.3 is 14.9 Å². The number of hydrogen-bond donors (Lipinski definition) is 2. The fourth-order valence-electron chi connectivity index (χ4n) is 2.65. The smallest absolute Gasteiger partial charge is 0.317 e. The molecule has 2 N–H and O–H groups in total. The molecule has 2 unspecified atom stereocenters. The van der Waals surface area contributed by atoms with Crippen molar-refractivity contribution in [2.75, 3.05) is 26.7 Å². The summed E-state index contributed by atoms with van der Waals surface area (Å²) >= 11 is 0. The van der Waals surface area contributed by atoms with Crippen molar-refractivity contribution in [3.8, 4) is 0 Å². The van der Waals surface area contributed by atoms with E-state index in [0.29, 0.717) is 13.2 Å². The number of unbranched alkanes of at least 4 members (excludes halogenated alkanes) is 6. The van der Waals surface area contributed by atoms with E-state index in [9.17, 15) is 9.90 Å². The van der Waals surface area contributed by atoms with Crippen LogP contribution in [0.15, 0.2) is 0 Å². The van der Waals surface area contributed by atoms with E-state index in [0.717, 1.165) is 19.3 Å². The summed E-state index contributed by atoms with van der Waals surface area (Å²) in [4.78, 5) is 12.3. The van der Waals surface area contributed by atoms with Crippen molar-refractivity contribution in [1.82, 2.24) is 4.90 Å².